The monoisotopic (exact) mass is 144 g/mol. The second-order valence-electron chi connectivity index (χ2n) is 2.17. The molecule has 0 saturated carbocycles. The van der Waals surface area contributed by atoms with Gasteiger partial charge in [0.2, 0.25) is 0 Å². The number of aliphatic hydroxyl groups excluding tert-OH is 1. The largest absolute Gasteiger partial charge is 0.396 e. The van der Waals surface area contributed by atoms with Crippen LogP contribution in [0.4, 0.5) is 0 Å². The van der Waals surface area contributed by atoms with Gasteiger partial charge in [0, 0.05) is 20.2 Å². The third-order valence-corrected chi connectivity index (χ3v) is 1.30. The molecule has 0 rings (SSSR count). The minimum atomic E-state index is 0.282. The van der Waals surface area contributed by atoms with Gasteiger partial charge in [-0.1, -0.05) is 0 Å². The van der Waals surface area contributed by atoms with Gasteiger partial charge < -0.3 is 10.4 Å². The quantitative estimate of drug-likeness (QED) is 0.341. The standard InChI is InChI=1S/C7H16N2O/c1-7(8-2)9-5-3-4-6-10/h10H,3-6H2,1-2H3,(H,8,9). The van der Waals surface area contributed by atoms with E-state index in [9.17, 15) is 0 Å². The molecule has 0 unspecified atom stereocenters. The summed E-state index contributed by atoms with van der Waals surface area (Å²) in [4.78, 5) is 3.93. The average molecular weight is 144 g/mol. The Hall–Kier alpha value is -0.570. The number of nitrogens with zero attached hydrogens (tertiary/aromatic N) is 1. The van der Waals surface area contributed by atoms with Crippen LogP contribution in [0.1, 0.15) is 19.8 Å². The molecular weight excluding hydrogens is 128 g/mol. The highest BCUT2D eigenvalue weighted by Crippen LogP contribution is 1.83. The summed E-state index contributed by atoms with van der Waals surface area (Å²) in [5.41, 5.74) is 0. The smallest absolute Gasteiger partial charge is 0.0928 e. The van der Waals surface area contributed by atoms with Crippen LogP contribution >= 0.6 is 0 Å². The van der Waals surface area contributed by atoms with Crippen LogP contribution in [0.15, 0.2) is 4.99 Å². The fourth-order valence-corrected chi connectivity index (χ4v) is 0.585. The Morgan fingerprint density at radius 2 is 2.20 bits per heavy atom. The van der Waals surface area contributed by atoms with Crippen LogP contribution in [0.25, 0.3) is 0 Å². The van der Waals surface area contributed by atoms with Gasteiger partial charge in [-0.05, 0) is 19.8 Å². The molecule has 0 atom stereocenters. The van der Waals surface area contributed by atoms with Gasteiger partial charge in [0.25, 0.3) is 0 Å². The summed E-state index contributed by atoms with van der Waals surface area (Å²) in [6.45, 7) is 3.12. The third-order valence-electron chi connectivity index (χ3n) is 1.30. The lowest BCUT2D eigenvalue weighted by Gasteiger charge is -2.02. The molecule has 0 amide bonds. The zero-order valence-corrected chi connectivity index (χ0v) is 6.72. The summed E-state index contributed by atoms with van der Waals surface area (Å²) in [6, 6.07) is 0. The van der Waals surface area contributed by atoms with E-state index in [0.717, 1.165) is 25.2 Å². The molecule has 0 spiro atoms. The van der Waals surface area contributed by atoms with Crippen LogP contribution in [0.5, 0.6) is 0 Å². The first kappa shape index (κ1) is 9.43. The van der Waals surface area contributed by atoms with E-state index in [4.69, 9.17) is 5.11 Å². The number of amidine groups is 1. The molecule has 0 radical (unpaired) electrons. The van der Waals surface area contributed by atoms with Gasteiger partial charge in [-0.3, -0.25) is 4.99 Å². The zero-order valence-electron chi connectivity index (χ0n) is 6.72. The molecule has 2 N–H and O–H groups in total. The fourth-order valence-electron chi connectivity index (χ4n) is 0.585. The van der Waals surface area contributed by atoms with E-state index >= 15 is 0 Å². The Labute approximate surface area is 62.2 Å². The molecule has 0 aliphatic carbocycles. The van der Waals surface area contributed by atoms with Crippen molar-refractivity contribution >= 4 is 5.84 Å². The Balaban J connectivity index is 3.04. The van der Waals surface area contributed by atoms with Crippen molar-refractivity contribution in [1.82, 2.24) is 5.32 Å². The van der Waals surface area contributed by atoms with E-state index in [1.54, 1.807) is 7.05 Å². The van der Waals surface area contributed by atoms with Crippen molar-refractivity contribution in [2.75, 3.05) is 20.2 Å². The summed E-state index contributed by atoms with van der Waals surface area (Å²) in [5.74, 6) is 0.956. The van der Waals surface area contributed by atoms with Crippen LogP contribution in [-0.2, 0) is 0 Å². The number of unbranched alkanes of at least 4 members (excludes halogenated alkanes) is 1. The van der Waals surface area contributed by atoms with Crippen molar-refractivity contribution in [1.29, 1.82) is 0 Å². The predicted molar refractivity (Wildman–Crippen MR) is 43.4 cm³/mol. The summed E-state index contributed by atoms with van der Waals surface area (Å²) in [7, 11) is 1.76. The van der Waals surface area contributed by atoms with Gasteiger partial charge in [0.1, 0.15) is 0 Å². The minimum absolute atomic E-state index is 0.282. The van der Waals surface area contributed by atoms with Crippen molar-refractivity contribution in [2.24, 2.45) is 4.99 Å². The molecule has 3 nitrogen and oxygen atoms in total. The fraction of sp³-hybridized carbons (Fsp3) is 0.857. The van der Waals surface area contributed by atoms with Crippen LogP contribution in [0.2, 0.25) is 0 Å². The van der Waals surface area contributed by atoms with E-state index < -0.39 is 0 Å². The zero-order chi connectivity index (χ0) is 7.82. The summed E-state index contributed by atoms with van der Waals surface area (Å²) < 4.78 is 0. The average Bonchev–Trinajstić information content (AvgIpc) is 1.98. The second-order valence-corrected chi connectivity index (χ2v) is 2.17. The molecular formula is C7H16N2O. The maximum Gasteiger partial charge on any atom is 0.0928 e. The molecule has 0 fully saturated rings. The number of aliphatic hydroxyl groups is 1. The van der Waals surface area contributed by atoms with Crippen molar-refractivity contribution in [3.63, 3.8) is 0 Å². The minimum Gasteiger partial charge on any atom is -0.396 e. The summed E-state index contributed by atoms with van der Waals surface area (Å²) >= 11 is 0. The topological polar surface area (TPSA) is 44.6 Å². The molecule has 0 aliphatic heterocycles. The van der Waals surface area contributed by atoms with E-state index in [0.29, 0.717) is 0 Å². The van der Waals surface area contributed by atoms with E-state index in [2.05, 4.69) is 10.3 Å². The third kappa shape index (κ3) is 5.56. The van der Waals surface area contributed by atoms with E-state index in [1.807, 2.05) is 6.92 Å². The number of hydrogen-bond acceptors (Lipinski definition) is 2. The first-order chi connectivity index (χ1) is 4.81. The van der Waals surface area contributed by atoms with E-state index in [1.165, 1.54) is 0 Å². The molecule has 10 heavy (non-hydrogen) atoms. The number of hydrogen-bond donors (Lipinski definition) is 2. The first-order valence-corrected chi connectivity index (χ1v) is 3.59. The Morgan fingerprint density at radius 3 is 2.70 bits per heavy atom. The van der Waals surface area contributed by atoms with Crippen molar-refractivity contribution in [3.05, 3.63) is 0 Å². The van der Waals surface area contributed by atoms with Gasteiger partial charge in [-0.2, -0.15) is 0 Å². The molecule has 60 valence electrons. The highest BCUT2D eigenvalue weighted by atomic mass is 16.2. The van der Waals surface area contributed by atoms with Crippen LogP contribution in [-0.4, -0.2) is 31.1 Å². The Kier molecular flexibility index (Phi) is 6.18. The first-order valence-electron chi connectivity index (χ1n) is 3.59. The lowest BCUT2D eigenvalue weighted by atomic mass is 10.3. The van der Waals surface area contributed by atoms with Crippen LogP contribution < -0.4 is 5.32 Å². The Bertz CT molecular complexity index is 102. The molecule has 0 aliphatic rings. The highest BCUT2D eigenvalue weighted by molar-refractivity contribution is 5.79. The maximum absolute atomic E-state index is 8.43. The van der Waals surface area contributed by atoms with Crippen molar-refractivity contribution in [2.45, 2.75) is 19.8 Å². The molecule has 0 saturated heterocycles. The van der Waals surface area contributed by atoms with Crippen LogP contribution in [0, 0.1) is 0 Å². The summed E-state index contributed by atoms with van der Waals surface area (Å²) in [6.07, 6.45) is 1.87. The maximum atomic E-state index is 8.43. The predicted octanol–water partition coefficient (Wildman–Crippen LogP) is 0.397. The molecule has 0 aromatic rings. The molecule has 0 heterocycles. The molecule has 0 aromatic carbocycles. The highest BCUT2D eigenvalue weighted by Gasteiger charge is 1.87. The normalized spacial score (nSPS) is 11.7. The van der Waals surface area contributed by atoms with Crippen LogP contribution in [0.3, 0.4) is 0 Å². The van der Waals surface area contributed by atoms with Crippen molar-refractivity contribution in [3.8, 4) is 0 Å². The molecule has 3 heteroatoms. The second kappa shape index (κ2) is 6.55. The van der Waals surface area contributed by atoms with Crippen molar-refractivity contribution < 1.29 is 5.11 Å². The van der Waals surface area contributed by atoms with E-state index in [-0.39, 0.29) is 6.61 Å². The number of rotatable bonds is 4. The molecule has 0 bridgehead atoms. The number of nitrogens with one attached hydrogen (secondary N) is 1. The number of aliphatic imine (C=N–C) groups is 1. The summed E-state index contributed by atoms with van der Waals surface area (Å²) in [5, 5.41) is 11.5. The SMILES string of the molecule is CN=C(C)NCCCCO. The lowest BCUT2D eigenvalue weighted by molar-refractivity contribution is 0.285. The van der Waals surface area contributed by atoms with Gasteiger partial charge in [0.15, 0.2) is 0 Å². The molecule has 0 aromatic heterocycles. The Morgan fingerprint density at radius 1 is 1.50 bits per heavy atom. The van der Waals surface area contributed by atoms with Gasteiger partial charge in [-0.25, -0.2) is 0 Å². The van der Waals surface area contributed by atoms with Gasteiger partial charge >= 0.3 is 0 Å². The lowest BCUT2D eigenvalue weighted by Crippen LogP contribution is -2.21. The van der Waals surface area contributed by atoms with Gasteiger partial charge in [0.05, 0.1) is 5.84 Å². The van der Waals surface area contributed by atoms with Gasteiger partial charge in [-0.15, -0.1) is 0 Å².